The van der Waals surface area contributed by atoms with Gasteiger partial charge in [-0.1, -0.05) is 60.7 Å². The Balaban J connectivity index is 1.80. The molecule has 0 spiro atoms. The Morgan fingerprint density at radius 2 is 1.54 bits per heavy atom. The molecule has 3 aromatic rings. The van der Waals surface area contributed by atoms with Gasteiger partial charge in [-0.25, -0.2) is 4.98 Å². The number of hydrogen-bond donors (Lipinski definition) is 1. The summed E-state index contributed by atoms with van der Waals surface area (Å²) in [7, 11) is 1.98. The molecule has 1 aliphatic heterocycles. The van der Waals surface area contributed by atoms with Gasteiger partial charge in [0.05, 0.1) is 23.5 Å². The second-order valence-corrected chi connectivity index (χ2v) is 7.88. The van der Waals surface area contributed by atoms with E-state index >= 15 is 0 Å². The number of amides is 1. The molecule has 1 amide bonds. The molecule has 4 rings (SSSR count). The first-order valence-electron chi connectivity index (χ1n) is 9.67. The van der Waals surface area contributed by atoms with Crippen molar-refractivity contribution in [2.45, 2.75) is 19.4 Å². The Morgan fingerprint density at radius 1 is 0.929 bits per heavy atom. The number of aromatic amines is 1. The summed E-state index contributed by atoms with van der Waals surface area (Å²) in [6.07, 6.45) is 0. The number of benzene rings is 2. The minimum absolute atomic E-state index is 0.137. The highest BCUT2D eigenvalue weighted by Gasteiger charge is 2.38. The van der Waals surface area contributed by atoms with Crippen LogP contribution in [0.15, 0.2) is 60.7 Å². The average molecular weight is 374 g/mol. The van der Waals surface area contributed by atoms with E-state index < -0.39 is 5.54 Å². The molecule has 1 saturated heterocycles. The zero-order chi connectivity index (χ0) is 19.7. The van der Waals surface area contributed by atoms with Crippen molar-refractivity contribution in [1.82, 2.24) is 19.8 Å². The maximum absolute atomic E-state index is 12.7. The monoisotopic (exact) mass is 374 g/mol. The van der Waals surface area contributed by atoms with Crippen LogP contribution in [0, 0.1) is 0 Å². The number of likely N-dealkylation sites (N-methyl/N-ethyl adjacent to an activating group) is 1. The molecular formula is C23H26N4O. The molecule has 1 N–H and O–H groups in total. The third-order valence-corrected chi connectivity index (χ3v) is 5.48. The number of imidazole rings is 1. The molecule has 5 heteroatoms. The summed E-state index contributed by atoms with van der Waals surface area (Å²) < 4.78 is 0. The molecule has 1 fully saturated rings. The highest BCUT2D eigenvalue weighted by molar-refractivity contribution is 5.81. The molecule has 2 heterocycles. The third-order valence-electron chi connectivity index (χ3n) is 5.48. The average Bonchev–Trinajstić information content (AvgIpc) is 3.15. The predicted molar refractivity (Wildman–Crippen MR) is 112 cm³/mol. The number of rotatable bonds is 4. The van der Waals surface area contributed by atoms with Gasteiger partial charge in [0, 0.05) is 24.2 Å². The molecule has 2 aromatic carbocycles. The first-order chi connectivity index (χ1) is 13.5. The summed E-state index contributed by atoms with van der Waals surface area (Å²) in [6.45, 7) is 6.15. The van der Waals surface area contributed by atoms with Crippen LogP contribution >= 0.6 is 0 Å². The molecule has 0 saturated carbocycles. The van der Waals surface area contributed by atoms with E-state index in [-0.39, 0.29) is 5.91 Å². The van der Waals surface area contributed by atoms with E-state index in [0.717, 1.165) is 34.9 Å². The summed E-state index contributed by atoms with van der Waals surface area (Å²) in [5, 5.41) is 0. The van der Waals surface area contributed by atoms with E-state index in [1.165, 1.54) is 0 Å². The number of carbonyl (C=O) groups is 1. The maximum Gasteiger partial charge on any atom is 0.237 e. The fourth-order valence-corrected chi connectivity index (χ4v) is 3.79. The van der Waals surface area contributed by atoms with E-state index in [1.54, 1.807) is 0 Å². The van der Waals surface area contributed by atoms with Crippen molar-refractivity contribution >= 4 is 5.91 Å². The van der Waals surface area contributed by atoms with Crippen LogP contribution in [-0.2, 0) is 10.3 Å². The minimum Gasteiger partial charge on any atom is -0.339 e. The van der Waals surface area contributed by atoms with E-state index in [1.807, 2.05) is 48.3 Å². The summed E-state index contributed by atoms with van der Waals surface area (Å²) >= 11 is 0. The van der Waals surface area contributed by atoms with Gasteiger partial charge >= 0.3 is 0 Å². The number of nitrogens with one attached hydrogen (secondary N) is 1. The minimum atomic E-state index is -0.519. The summed E-state index contributed by atoms with van der Waals surface area (Å²) in [5.74, 6) is 0.945. The molecule has 0 bridgehead atoms. The number of piperazine rings is 1. The standard InChI is InChI=1S/C23H26N4O/c1-23(2,27-15-14-26(3)16-19(27)28)22-24-20(17-10-6-4-7-11-17)21(25-22)18-12-8-5-9-13-18/h4-13H,14-16H2,1-3H3,(H,24,25). The molecule has 144 valence electrons. The van der Waals surface area contributed by atoms with Crippen molar-refractivity contribution in [2.75, 3.05) is 26.7 Å². The smallest absolute Gasteiger partial charge is 0.237 e. The second-order valence-electron chi connectivity index (χ2n) is 7.88. The van der Waals surface area contributed by atoms with Gasteiger partial charge < -0.3 is 9.88 Å². The highest BCUT2D eigenvalue weighted by atomic mass is 16.2. The summed E-state index contributed by atoms with van der Waals surface area (Å²) in [5.41, 5.74) is 3.52. The van der Waals surface area contributed by atoms with Gasteiger partial charge in [-0.2, -0.15) is 0 Å². The van der Waals surface area contributed by atoms with Gasteiger partial charge in [0.1, 0.15) is 5.82 Å². The van der Waals surface area contributed by atoms with Crippen LogP contribution < -0.4 is 0 Å². The molecule has 1 aliphatic rings. The molecule has 0 radical (unpaired) electrons. The summed E-state index contributed by atoms with van der Waals surface area (Å²) in [4.78, 5) is 25.2. The van der Waals surface area contributed by atoms with Crippen molar-refractivity contribution in [3.63, 3.8) is 0 Å². The lowest BCUT2D eigenvalue weighted by Crippen LogP contribution is -2.56. The second kappa shape index (κ2) is 7.24. The Hall–Kier alpha value is -2.92. The largest absolute Gasteiger partial charge is 0.339 e. The number of nitrogens with zero attached hydrogens (tertiary/aromatic N) is 3. The molecular weight excluding hydrogens is 348 g/mol. The number of H-pyrrole nitrogens is 1. The maximum atomic E-state index is 12.7. The van der Waals surface area contributed by atoms with Crippen molar-refractivity contribution in [3.05, 3.63) is 66.5 Å². The fourth-order valence-electron chi connectivity index (χ4n) is 3.79. The molecule has 0 atom stereocenters. The van der Waals surface area contributed by atoms with Crippen molar-refractivity contribution in [3.8, 4) is 22.5 Å². The predicted octanol–water partition coefficient (Wildman–Crippen LogP) is 3.75. The van der Waals surface area contributed by atoms with Crippen molar-refractivity contribution in [2.24, 2.45) is 0 Å². The van der Waals surface area contributed by atoms with Gasteiger partial charge in [0.25, 0.3) is 0 Å². The topological polar surface area (TPSA) is 52.2 Å². The molecule has 5 nitrogen and oxygen atoms in total. The van der Waals surface area contributed by atoms with E-state index in [0.29, 0.717) is 13.1 Å². The van der Waals surface area contributed by atoms with Crippen LogP contribution in [0.25, 0.3) is 22.5 Å². The lowest BCUT2D eigenvalue weighted by molar-refractivity contribution is -0.142. The van der Waals surface area contributed by atoms with Crippen molar-refractivity contribution in [1.29, 1.82) is 0 Å². The first kappa shape index (κ1) is 18.4. The zero-order valence-electron chi connectivity index (χ0n) is 16.6. The Morgan fingerprint density at radius 3 is 2.14 bits per heavy atom. The van der Waals surface area contributed by atoms with Gasteiger partial charge in [0.15, 0.2) is 0 Å². The summed E-state index contributed by atoms with van der Waals surface area (Å²) in [6, 6.07) is 20.4. The third kappa shape index (κ3) is 3.34. The number of hydrogen-bond acceptors (Lipinski definition) is 3. The zero-order valence-corrected chi connectivity index (χ0v) is 16.6. The Kier molecular flexibility index (Phi) is 4.77. The van der Waals surface area contributed by atoms with E-state index in [9.17, 15) is 4.79 Å². The number of aromatic nitrogens is 2. The quantitative estimate of drug-likeness (QED) is 0.757. The normalized spacial score (nSPS) is 15.8. The number of carbonyl (C=O) groups excluding carboxylic acids is 1. The van der Waals surface area contributed by atoms with Crippen LogP contribution in [0.4, 0.5) is 0 Å². The van der Waals surface area contributed by atoms with Crippen molar-refractivity contribution < 1.29 is 4.79 Å². The first-order valence-corrected chi connectivity index (χ1v) is 9.67. The molecule has 28 heavy (non-hydrogen) atoms. The lowest BCUT2D eigenvalue weighted by atomic mass is 10.0. The Bertz CT molecular complexity index is 906. The van der Waals surface area contributed by atoms with Gasteiger partial charge in [0.2, 0.25) is 5.91 Å². The SMILES string of the molecule is CN1CCN(C(C)(C)c2nc(-c3ccccc3)c(-c3ccccc3)[nH]2)C(=O)C1. The molecule has 0 aliphatic carbocycles. The molecule has 1 aromatic heterocycles. The van der Waals surface area contributed by atoms with Crippen LogP contribution in [0.2, 0.25) is 0 Å². The molecule has 0 unspecified atom stereocenters. The Labute approximate surface area is 166 Å². The van der Waals surface area contributed by atoms with Gasteiger partial charge in [-0.3, -0.25) is 9.69 Å². The van der Waals surface area contributed by atoms with Gasteiger partial charge in [-0.15, -0.1) is 0 Å². The van der Waals surface area contributed by atoms with Gasteiger partial charge in [-0.05, 0) is 20.9 Å². The fraction of sp³-hybridized carbons (Fsp3) is 0.304. The van der Waals surface area contributed by atoms with E-state index in [4.69, 9.17) is 4.98 Å². The van der Waals surface area contributed by atoms with Crippen LogP contribution in [-0.4, -0.2) is 52.4 Å². The highest BCUT2D eigenvalue weighted by Crippen LogP contribution is 2.35. The van der Waals surface area contributed by atoms with Crippen LogP contribution in [0.5, 0.6) is 0 Å². The van der Waals surface area contributed by atoms with E-state index in [2.05, 4.69) is 48.0 Å². The van der Waals surface area contributed by atoms with Crippen LogP contribution in [0.1, 0.15) is 19.7 Å². The van der Waals surface area contributed by atoms with Crippen LogP contribution in [0.3, 0.4) is 0 Å². The lowest BCUT2D eigenvalue weighted by Gasteiger charge is -2.42.